The molecule has 2 amide bonds. The van der Waals surface area contributed by atoms with Gasteiger partial charge in [-0.1, -0.05) is 63.2 Å². The van der Waals surface area contributed by atoms with E-state index in [0.29, 0.717) is 22.2 Å². The minimum Gasteiger partial charge on any atom is -0.308 e. The van der Waals surface area contributed by atoms with Gasteiger partial charge in [-0.3, -0.25) is 14.5 Å². The van der Waals surface area contributed by atoms with Crippen LogP contribution in [-0.2, 0) is 22.4 Å². The van der Waals surface area contributed by atoms with Gasteiger partial charge < -0.3 is 4.90 Å². The molecule has 0 spiro atoms. The highest BCUT2D eigenvalue weighted by molar-refractivity contribution is 8.19. The number of aliphatic imine (C=N–C) groups is 1. The second-order valence-electron chi connectivity index (χ2n) is 8.86. The molecule has 3 aromatic carbocycles. The van der Waals surface area contributed by atoms with Crippen LogP contribution in [0.3, 0.4) is 0 Å². The van der Waals surface area contributed by atoms with E-state index in [1.165, 1.54) is 22.9 Å². The number of nitrogens with zero attached hydrogens (tertiary/aromatic N) is 3. The van der Waals surface area contributed by atoms with Crippen molar-refractivity contribution in [1.29, 1.82) is 0 Å². The molecular formula is C30H29N3O2S. The molecule has 0 N–H and O–H groups in total. The average molecular weight is 496 g/mol. The number of amides is 2. The number of hydrogen-bond acceptors (Lipinski definition) is 4. The lowest BCUT2D eigenvalue weighted by Crippen LogP contribution is -2.30. The molecule has 5 rings (SSSR count). The Morgan fingerprint density at radius 2 is 1.42 bits per heavy atom. The summed E-state index contributed by atoms with van der Waals surface area (Å²) in [6, 6.07) is 23.7. The fourth-order valence-corrected chi connectivity index (χ4v) is 5.66. The van der Waals surface area contributed by atoms with E-state index in [1.54, 1.807) is 9.80 Å². The maximum atomic E-state index is 14.0. The van der Waals surface area contributed by atoms with E-state index in [1.807, 2.05) is 67.6 Å². The summed E-state index contributed by atoms with van der Waals surface area (Å²) in [4.78, 5) is 36.3. The molecule has 6 heteroatoms. The Morgan fingerprint density at radius 3 is 2.06 bits per heavy atom. The van der Waals surface area contributed by atoms with Crippen LogP contribution in [-0.4, -0.2) is 23.5 Å². The van der Waals surface area contributed by atoms with Crippen LogP contribution in [0, 0.1) is 0 Å². The number of aryl methyl sites for hydroxylation is 2. The van der Waals surface area contributed by atoms with Crippen molar-refractivity contribution in [2.45, 2.75) is 40.0 Å². The highest BCUT2D eigenvalue weighted by atomic mass is 32.2. The quantitative estimate of drug-likeness (QED) is 0.356. The molecule has 1 fully saturated rings. The van der Waals surface area contributed by atoms with Crippen molar-refractivity contribution in [3.8, 4) is 0 Å². The van der Waals surface area contributed by atoms with E-state index in [2.05, 4.69) is 26.0 Å². The van der Waals surface area contributed by atoms with Gasteiger partial charge in [0, 0.05) is 12.1 Å². The molecule has 0 bridgehead atoms. The molecule has 36 heavy (non-hydrogen) atoms. The smallest absolute Gasteiger partial charge is 0.272 e. The molecule has 3 aromatic rings. The van der Waals surface area contributed by atoms with Crippen molar-refractivity contribution in [3.63, 3.8) is 0 Å². The molecular weight excluding hydrogens is 466 g/mol. The predicted molar refractivity (Wildman–Crippen MR) is 150 cm³/mol. The zero-order valence-electron chi connectivity index (χ0n) is 20.8. The van der Waals surface area contributed by atoms with Crippen LogP contribution in [0.4, 0.5) is 17.1 Å². The first-order valence-electron chi connectivity index (χ1n) is 12.5. The number of carbonyl (C=O) groups excluding carboxylic acids is 2. The van der Waals surface area contributed by atoms with Crippen LogP contribution >= 0.6 is 11.8 Å². The Bertz CT molecular complexity index is 1370. The third kappa shape index (κ3) is 4.26. The number of rotatable bonds is 6. The number of thioether (sulfide) groups is 1. The number of fused-ring (bicyclic) bond motifs is 1. The molecule has 2 aliphatic rings. The maximum Gasteiger partial charge on any atom is 0.272 e. The molecule has 2 heterocycles. The van der Waals surface area contributed by atoms with Crippen LogP contribution in [0.25, 0.3) is 5.57 Å². The summed E-state index contributed by atoms with van der Waals surface area (Å²) in [5.41, 5.74) is 6.08. The SMILES string of the molecule is CCCN1C(=O)/C(=C2\SC(=Nc3ccc(CC)cc3)N(c3ccc(CC)cc3)C2=O)c2ccccc21. The van der Waals surface area contributed by atoms with Crippen molar-refractivity contribution in [3.05, 3.63) is 94.4 Å². The lowest BCUT2D eigenvalue weighted by Gasteiger charge is -2.16. The number of hydrogen-bond donors (Lipinski definition) is 0. The number of carbonyl (C=O) groups is 2. The first-order valence-corrected chi connectivity index (χ1v) is 13.3. The molecule has 182 valence electrons. The van der Waals surface area contributed by atoms with Crippen molar-refractivity contribution in [2.75, 3.05) is 16.3 Å². The van der Waals surface area contributed by atoms with Gasteiger partial charge in [-0.15, -0.1) is 0 Å². The average Bonchev–Trinajstić information content (AvgIpc) is 3.37. The van der Waals surface area contributed by atoms with Crippen molar-refractivity contribution < 1.29 is 9.59 Å². The molecule has 0 unspecified atom stereocenters. The van der Waals surface area contributed by atoms with Gasteiger partial charge in [0.1, 0.15) is 0 Å². The normalized spacial score (nSPS) is 18.5. The first kappa shape index (κ1) is 24.1. The van der Waals surface area contributed by atoms with Crippen LogP contribution in [0.15, 0.2) is 82.7 Å². The number of amidine groups is 1. The molecule has 5 nitrogen and oxygen atoms in total. The van der Waals surface area contributed by atoms with Gasteiger partial charge >= 0.3 is 0 Å². The van der Waals surface area contributed by atoms with Gasteiger partial charge in [-0.05, 0) is 72.5 Å². The van der Waals surface area contributed by atoms with Gasteiger partial charge in [0.2, 0.25) is 0 Å². The van der Waals surface area contributed by atoms with Crippen molar-refractivity contribution in [2.24, 2.45) is 4.99 Å². The number of benzene rings is 3. The fourth-order valence-electron chi connectivity index (χ4n) is 4.57. The van der Waals surface area contributed by atoms with Crippen LogP contribution in [0.5, 0.6) is 0 Å². The molecule has 0 aliphatic carbocycles. The molecule has 2 aliphatic heterocycles. The topological polar surface area (TPSA) is 53.0 Å². The van der Waals surface area contributed by atoms with Crippen LogP contribution in [0.1, 0.15) is 43.9 Å². The monoisotopic (exact) mass is 495 g/mol. The molecule has 1 saturated heterocycles. The third-order valence-corrected chi connectivity index (χ3v) is 7.59. The zero-order chi connectivity index (χ0) is 25.2. The Labute approximate surface area is 216 Å². The second kappa shape index (κ2) is 10.2. The van der Waals surface area contributed by atoms with Crippen LogP contribution < -0.4 is 9.80 Å². The Balaban J connectivity index is 1.64. The van der Waals surface area contributed by atoms with E-state index in [-0.39, 0.29) is 11.8 Å². The second-order valence-corrected chi connectivity index (χ2v) is 9.83. The third-order valence-electron chi connectivity index (χ3n) is 6.55. The van der Waals surface area contributed by atoms with E-state index in [9.17, 15) is 9.59 Å². The highest BCUT2D eigenvalue weighted by Crippen LogP contribution is 2.46. The van der Waals surface area contributed by atoms with Gasteiger partial charge in [0.15, 0.2) is 5.17 Å². The first-order chi connectivity index (χ1) is 17.5. The standard InChI is InChI=1S/C30H29N3O2S/c1-4-19-32-25-10-8-7-9-24(25)26(28(32)34)27-29(35)33(23-17-13-21(6-3)14-18-23)30(36-27)31-22-15-11-20(5-2)12-16-22/h7-18H,4-6,19H2,1-3H3/b27-26-,31-30?. The number of para-hydroxylation sites is 1. The van der Waals surface area contributed by atoms with Gasteiger partial charge in [-0.25, -0.2) is 4.99 Å². The highest BCUT2D eigenvalue weighted by Gasteiger charge is 2.43. The van der Waals surface area contributed by atoms with E-state index in [0.717, 1.165) is 41.9 Å². The Hall–Kier alpha value is -3.64. The van der Waals surface area contributed by atoms with Gasteiger partial charge in [0.05, 0.1) is 27.5 Å². The summed E-state index contributed by atoms with van der Waals surface area (Å²) >= 11 is 1.28. The van der Waals surface area contributed by atoms with Crippen molar-refractivity contribution >= 4 is 51.4 Å². The largest absolute Gasteiger partial charge is 0.308 e. The summed E-state index contributed by atoms with van der Waals surface area (Å²) < 4.78 is 0. The summed E-state index contributed by atoms with van der Waals surface area (Å²) in [6.45, 7) is 6.88. The summed E-state index contributed by atoms with van der Waals surface area (Å²) in [7, 11) is 0. The fraction of sp³-hybridized carbons (Fsp3) is 0.233. The zero-order valence-corrected chi connectivity index (χ0v) is 21.6. The number of anilines is 2. The Kier molecular flexibility index (Phi) is 6.79. The molecule has 0 saturated carbocycles. The summed E-state index contributed by atoms with van der Waals surface area (Å²) in [6.07, 6.45) is 2.70. The van der Waals surface area contributed by atoms with Crippen LogP contribution in [0.2, 0.25) is 0 Å². The van der Waals surface area contributed by atoms with Gasteiger partial charge in [-0.2, -0.15) is 0 Å². The maximum absolute atomic E-state index is 14.0. The van der Waals surface area contributed by atoms with Crippen molar-refractivity contribution in [1.82, 2.24) is 0 Å². The summed E-state index contributed by atoms with van der Waals surface area (Å²) in [5.74, 6) is -0.339. The van der Waals surface area contributed by atoms with E-state index < -0.39 is 0 Å². The Morgan fingerprint density at radius 1 is 0.778 bits per heavy atom. The molecule has 0 atom stereocenters. The molecule has 0 aromatic heterocycles. The van der Waals surface area contributed by atoms with E-state index >= 15 is 0 Å². The summed E-state index contributed by atoms with van der Waals surface area (Å²) in [5, 5.41) is 0.551. The molecule has 0 radical (unpaired) electrons. The lowest BCUT2D eigenvalue weighted by molar-refractivity contribution is -0.115. The van der Waals surface area contributed by atoms with Gasteiger partial charge in [0.25, 0.3) is 11.8 Å². The minimum atomic E-state index is -0.218. The van der Waals surface area contributed by atoms with E-state index in [4.69, 9.17) is 4.99 Å². The minimum absolute atomic E-state index is 0.122. The predicted octanol–water partition coefficient (Wildman–Crippen LogP) is 6.75. The lowest BCUT2D eigenvalue weighted by atomic mass is 10.1.